The lowest BCUT2D eigenvalue weighted by Crippen LogP contribution is -3.06. The van der Waals surface area contributed by atoms with E-state index in [1.807, 2.05) is 38.4 Å². The van der Waals surface area contributed by atoms with Crippen molar-refractivity contribution in [1.82, 2.24) is 18.7 Å². The minimum Gasteiger partial charge on any atom is -0.459 e. The number of rotatable bonds is 6. The second-order valence-corrected chi connectivity index (χ2v) is 7.80. The first-order valence-corrected chi connectivity index (χ1v) is 9.93. The van der Waals surface area contributed by atoms with Crippen LogP contribution in [0.15, 0.2) is 52.1 Å². The highest BCUT2D eigenvalue weighted by molar-refractivity contribution is 5.86. The van der Waals surface area contributed by atoms with Crippen LogP contribution in [-0.2, 0) is 20.6 Å². The van der Waals surface area contributed by atoms with Gasteiger partial charge in [-0.25, -0.2) is 4.79 Å². The number of nitrogens with zero attached hydrogens (tertiary/aromatic N) is 4. The number of imidazole rings is 1. The van der Waals surface area contributed by atoms with Crippen LogP contribution < -0.4 is 20.9 Å². The van der Waals surface area contributed by atoms with Gasteiger partial charge >= 0.3 is 5.69 Å². The smallest absolute Gasteiger partial charge is 0.332 e. The number of hydrogen-bond acceptors (Lipinski definition) is 4. The lowest BCUT2D eigenvalue weighted by Gasteiger charge is -2.13. The molecular formula is C22H26N5O3+. The Morgan fingerprint density at radius 1 is 1.00 bits per heavy atom. The van der Waals surface area contributed by atoms with Gasteiger partial charge < -0.3 is 9.64 Å². The van der Waals surface area contributed by atoms with Gasteiger partial charge in [0.25, 0.3) is 11.6 Å². The molecule has 0 bridgehead atoms. The van der Waals surface area contributed by atoms with Gasteiger partial charge in [-0.05, 0) is 16.3 Å². The van der Waals surface area contributed by atoms with E-state index in [0.29, 0.717) is 30.3 Å². The number of nitrogens with one attached hydrogen (secondary N) is 1. The Hall–Kier alpha value is -3.39. The first-order valence-electron chi connectivity index (χ1n) is 9.93. The average Bonchev–Trinajstić information content (AvgIpc) is 3.09. The maximum Gasteiger partial charge on any atom is 0.332 e. The number of aryl methyl sites for hydroxylation is 1. The summed E-state index contributed by atoms with van der Waals surface area (Å²) in [5.41, 5.74) is 0.946. The van der Waals surface area contributed by atoms with E-state index in [1.165, 1.54) is 16.5 Å². The van der Waals surface area contributed by atoms with Gasteiger partial charge in [0, 0.05) is 14.1 Å². The Morgan fingerprint density at radius 2 is 1.73 bits per heavy atom. The first kappa shape index (κ1) is 19.9. The van der Waals surface area contributed by atoms with Crippen molar-refractivity contribution in [3.05, 3.63) is 68.9 Å². The van der Waals surface area contributed by atoms with Crippen molar-refractivity contribution < 1.29 is 9.64 Å². The molecule has 0 unspecified atom stereocenters. The van der Waals surface area contributed by atoms with Crippen LogP contribution in [-0.4, -0.2) is 45.9 Å². The molecule has 2 aromatic heterocycles. The van der Waals surface area contributed by atoms with Crippen LogP contribution in [0.2, 0.25) is 0 Å². The molecule has 4 rings (SSSR count). The number of aromatic nitrogens is 4. The molecule has 0 saturated heterocycles. The monoisotopic (exact) mass is 408 g/mol. The summed E-state index contributed by atoms with van der Waals surface area (Å²) >= 11 is 0. The average molecular weight is 408 g/mol. The van der Waals surface area contributed by atoms with Crippen molar-refractivity contribution in [2.75, 3.05) is 27.2 Å². The fourth-order valence-corrected chi connectivity index (χ4v) is 3.63. The van der Waals surface area contributed by atoms with Gasteiger partial charge in [-0.15, -0.1) is 0 Å². The summed E-state index contributed by atoms with van der Waals surface area (Å²) in [7, 11) is 7.19. The van der Waals surface area contributed by atoms with Crippen molar-refractivity contribution >= 4 is 21.9 Å². The zero-order valence-electron chi connectivity index (χ0n) is 17.7. The maximum atomic E-state index is 13.0. The number of likely N-dealkylation sites (N-methyl/N-ethyl adjacent to an activating group) is 1. The van der Waals surface area contributed by atoms with Crippen LogP contribution in [0.25, 0.3) is 21.9 Å². The number of benzene rings is 2. The molecule has 4 aromatic rings. The van der Waals surface area contributed by atoms with Crippen molar-refractivity contribution in [2.45, 2.75) is 6.54 Å². The van der Waals surface area contributed by atoms with Gasteiger partial charge in [0.05, 0.1) is 20.6 Å². The van der Waals surface area contributed by atoms with Gasteiger partial charge in [-0.1, -0.05) is 42.5 Å². The van der Waals surface area contributed by atoms with Crippen LogP contribution in [0.1, 0.15) is 5.56 Å². The lowest BCUT2D eigenvalue weighted by atomic mass is 10.0. The van der Waals surface area contributed by atoms with E-state index >= 15 is 0 Å². The molecule has 2 heterocycles. The molecule has 0 aliphatic carbocycles. The molecule has 1 N–H and O–H groups in total. The highest BCUT2D eigenvalue weighted by atomic mass is 16.5. The zero-order chi connectivity index (χ0) is 21.4. The minimum atomic E-state index is -0.411. The molecule has 30 heavy (non-hydrogen) atoms. The summed E-state index contributed by atoms with van der Waals surface area (Å²) in [6.07, 6.45) is 0. The van der Waals surface area contributed by atoms with E-state index in [1.54, 1.807) is 11.6 Å². The largest absolute Gasteiger partial charge is 0.459 e. The van der Waals surface area contributed by atoms with E-state index in [4.69, 9.17) is 4.74 Å². The predicted octanol–water partition coefficient (Wildman–Crippen LogP) is 0.159. The molecule has 0 aliphatic heterocycles. The van der Waals surface area contributed by atoms with Crippen molar-refractivity contribution in [1.29, 1.82) is 0 Å². The molecule has 156 valence electrons. The van der Waals surface area contributed by atoms with E-state index in [0.717, 1.165) is 27.4 Å². The van der Waals surface area contributed by atoms with E-state index in [-0.39, 0.29) is 5.56 Å². The molecule has 8 heteroatoms. The topological polar surface area (TPSA) is 75.5 Å². The maximum absolute atomic E-state index is 13.0. The van der Waals surface area contributed by atoms with Gasteiger partial charge in [0.2, 0.25) is 0 Å². The van der Waals surface area contributed by atoms with Crippen molar-refractivity contribution in [3.8, 4) is 6.01 Å². The number of ether oxygens (including phenoxy) is 1. The third-order valence-corrected chi connectivity index (χ3v) is 5.35. The molecule has 0 fully saturated rings. The quantitative estimate of drug-likeness (QED) is 0.493. The number of fused-ring (bicyclic) bond motifs is 2. The lowest BCUT2D eigenvalue weighted by molar-refractivity contribution is -0.858. The molecule has 0 aliphatic rings. The molecule has 2 aromatic carbocycles. The number of quaternary nitrogens is 1. The second kappa shape index (κ2) is 7.79. The van der Waals surface area contributed by atoms with Crippen LogP contribution in [0.5, 0.6) is 6.01 Å². The van der Waals surface area contributed by atoms with Crippen LogP contribution in [0.3, 0.4) is 0 Å². The summed E-state index contributed by atoms with van der Waals surface area (Å²) in [6.45, 7) is 1.65. The standard InChI is InChI=1S/C22H25N5O3/c1-24(2)12-13-30-21-23-19-18(20(28)26(4)22(29)25(19)3)27(21)14-16-10-7-9-15-8-5-6-11-17(15)16/h5-11H,12-14H2,1-4H3/p+1. The molecule has 0 saturated carbocycles. The zero-order valence-corrected chi connectivity index (χ0v) is 17.7. The Morgan fingerprint density at radius 3 is 2.50 bits per heavy atom. The molecule has 0 amide bonds. The van der Waals surface area contributed by atoms with Gasteiger partial charge in [-0.2, -0.15) is 4.98 Å². The Bertz CT molecular complexity index is 1340. The third-order valence-electron chi connectivity index (χ3n) is 5.35. The molecule has 0 spiro atoms. The summed E-state index contributed by atoms with van der Waals surface area (Å²) < 4.78 is 10.3. The van der Waals surface area contributed by atoms with Crippen molar-refractivity contribution in [2.24, 2.45) is 14.1 Å². The molecule has 8 nitrogen and oxygen atoms in total. The third kappa shape index (κ3) is 3.39. The fraction of sp³-hybridized carbons (Fsp3) is 0.318. The van der Waals surface area contributed by atoms with Gasteiger partial charge in [-0.3, -0.25) is 18.5 Å². The normalized spacial score (nSPS) is 11.6. The highest BCUT2D eigenvalue weighted by Gasteiger charge is 2.21. The Balaban J connectivity index is 1.91. The van der Waals surface area contributed by atoms with Crippen molar-refractivity contribution in [3.63, 3.8) is 0 Å². The summed E-state index contributed by atoms with van der Waals surface area (Å²) in [4.78, 5) is 31.2. The molecular weight excluding hydrogens is 382 g/mol. The molecule has 0 atom stereocenters. The summed E-state index contributed by atoms with van der Waals surface area (Å²) in [5, 5.41) is 2.23. The van der Waals surface area contributed by atoms with Gasteiger partial charge in [0.15, 0.2) is 11.2 Å². The van der Waals surface area contributed by atoms with E-state index < -0.39 is 5.69 Å². The van der Waals surface area contributed by atoms with Crippen LogP contribution >= 0.6 is 0 Å². The second-order valence-electron chi connectivity index (χ2n) is 7.80. The summed E-state index contributed by atoms with van der Waals surface area (Å²) in [6, 6.07) is 14.6. The summed E-state index contributed by atoms with van der Waals surface area (Å²) in [5.74, 6) is 0. The SMILES string of the molecule is Cn1c(=O)c2c(nc(OCC[NH+](C)C)n2Cc2cccc3ccccc23)n(C)c1=O. The first-order chi connectivity index (χ1) is 14.4. The fourth-order valence-electron chi connectivity index (χ4n) is 3.63. The van der Waals surface area contributed by atoms with Crippen LogP contribution in [0.4, 0.5) is 0 Å². The predicted molar refractivity (Wildman–Crippen MR) is 116 cm³/mol. The minimum absolute atomic E-state index is 0.329. The molecule has 0 radical (unpaired) electrons. The Kier molecular flexibility index (Phi) is 5.17. The van der Waals surface area contributed by atoms with Crippen LogP contribution in [0, 0.1) is 0 Å². The van der Waals surface area contributed by atoms with E-state index in [9.17, 15) is 9.59 Å². The Labute approximate surface area is 173 Å². The van der Waals surface area contributed by atoms with E-state index in [2.05, 4.69) is 23.2 Å². The van der Waals surface area contributed by atoms with Gasteiger partial charge in [0.1, 0.15) is 13.2 Å². The number of hydrogen-bond donors (Lipinski definition) is 1. The highest BCUT2D eigenvalue weighted by Crippen LogP contribution is 2.24.